The lowest BCUT2D eigenvalue weighted by Gasteiger charge is -2.29. The molecule has 1 aliphatic carbocycles. The Kier molecular flexibility index (Phi) is 4.43. The van der Waals surface area contributed by atoms with Crippen molar-refractivity contribution in [3.63, 3.8) is 0 Å². The van der Waals surface area contributed by atoms with Crippen LogP contribution in [0.3, 0.4) is 0 Å². The van der Waals surface area contributed by atoms with Crippen LogP contribution in [0.5, 0.6) is 5.75 Å². The van der Waals surface area contributed by atoms with Gasteiger partial charge in [0.1, 0.15) is 5.75 Å². The summed E-state index contributed by atoms with van der Waals surface area (Å²) < 4.78 is 5.57. The molecule has 1 aromatic rings. The minimum absolute atomic E-state index is 0.685. The quantitative estimate of drug-likeness (QED) is 0.861. The zero-order valence-corrected chi connectivity index (χ0v) is 10.9. The van der Waals surface area contributed by atoms with Gasteiger partial charge in [-0.2, -0.15) is 0 Å². The first-order chi connectivity index (χ1) is 8.33. The normalized spacial score (nSPS) is 24.6. The molecule has 94 valence electrons. The fourth-order valence-electron chi connectivity index (χ4n) is 2.78. The standard InChI is InChI=1S/C15H23NO/c1-3-17-15-9-5-7-13(11-15)12-6-4-8-14(10-12)16-2/h5,7,9,11-12,14,16H,3-4,6,8,10H2,1-2H3. The molecule has 2 atom stereocenters. The van der Waals surface area contributed by atoms with Crippen LogP contribution in [0.2, 0.25) is 0 Å². The smallest absolute Gasteiger partial charge is 0.119 e. The first-order valence-electron chi connectivity index (χ1n) is 6.73. The minimum Gasteiger partial charge on any atom is -0.494 e. The monoisotopic (exact) mass is 233 g/mol. The van der Waals surface area contributed by atoms with Crippen LogP contribution in [-0.4, -0.2) is 19.7 Å². The zero-order chi connectivity index (χ0) is 12.1. The maximum absolute atomic E-state index is 5.57. The average molecular weight is 233 g/mol. The lowest BCUT2D eigenvalue weighted by Crippen LogP contribution is -2.30. The molecule has 0 bridgehead atoms. The van der Waals surface area contributed by atoms with Gasteiger partial charge in [0.25, 0.3) is 0 Å². The van der Waals surface area contributed by atoms with E-state index in [2.05, 4.69) is 30.6 Å². The van der Waals surface area contributed by atoms with Crippen LogP contribution in [0.4, 0.5) is 0 Å². The van der Waals surface area contributed by atoms with Crippen molar-refractivity contribution in [2.75, 3.05) is 13.7 Å². The van der Waals surface area contributed by atoms with E-state index >= 15 is 0 Å². The minimum atomic E-state index is 0.685. The van der Waals surface area contributed by atoms with Gasteiger partial charge < -0.3 is 10.1 Å². The largest absolute Gasteiger partial charge is 0.494 e. The van der Waals surface area contributed by atoms with E-state index in [1.54, 1.807) is 0 Å². The molecular formula is C15H23NO. The van der Waals surface area contributed by atoms with Crippen molar-refractivity contribution in [2.24, 2.45) is 0 Å². The van der Waals surface area contributed by atoms with Gasteiger partial charge in [-0.3, -0.25) is 0 Å². The summed E-state index contributed by atoms with van der Waals surface area (Å²) in [7, 11) is 2.07. The van der Waals surface area contributed by atoms with Crippen LogP contribution in [0.1, 0.15) is 44.1 Å². The summed E-state index contributed by atoms with van der Waals surface area (Å²) >= 11 is 0. The maximum Gasteiger partial charge on any atom is 0.119 e. The zero-order valence-electron chi connectivity index (χ0n) is 10.9. The second-order valence-electron chi connectivity index (χ2n) is 4.85. The molecule has 1 aliphatic rings. The molecule has 2 heteroatoms. The molecular weight excluding hydrogens is 210 g/mol. The lowest BCUT2D eigenvalue weighted by molar-refractivity contribution is 0.335. The van der Waals surface area contributed by atoms with Crippen molar-refractivity contribution < 1.29 is 4.74 Å². The van der Waals surface area contributed by atoms with E-state index in [0.717, 1.165) is 12.4 Å². The fourth-order valence-corrected chi connectivity index (χ4v) is 2.78. The number of benzene rings is 1. The fraction of sp³-hybridized carbons (Fsp3) is 0.600. The third-order valence-corrected chi connectivity index (χ3v) is 3.72. The Morgan fingerprint density at radius 1 is 1.35 bits per heavy atom. The van der Waals surface area contributed by atoms with E-state index in [1.807, 2.05) is 13.0 Å². The highest BCUT2D eigenvalue weighted by Gasteiger charge is 2.22. The van der Waals surface area contributed by atoms with Crippen molar-refractivity contribution in [2.45, 2.75) is 44.6 Å². The Morgan fingerprint density at radius 2 is 2.24 bits per heavy atom. The molecule has 2 rings (SSSR count). The SMILES string of the molecule is CCOc1cccc(C2CCCC(NC)C2)c1. The van der Waals surface area contributed by atoms with Crippen molar-refractivity contribution >= 4 is 0 Å². The summed E-state index contributed by atoms with van der Waals surface area (Å²) in [6.45, 7) is 2.78. The van der Waals surface area contributed by atoms with Crippen LogP contribution in [0.25, 0.3) is 0 Å². The predicted octanol–water partition coefficient (Wildman–Crippen LogP) is 3.33. The van der Waals surface area contributed by atoms with Gasteiger partial charge in [0, 0.05) is 6.04 Å². The molecule has 0 amide bonds. The molecule has 0 saturated heterocycles. The molecule has 1 fully saturated rings. The van der Waals surface area contributed by atoms with E-state index in [4.69, 9.17) is 4.74 Å². The number of hydrogen-bond acceptors (Lipinski definition) is 2. The van der Waals surface area contributed by atoms with Gasteiger partial charge >= 0.3 is 0 Å². The molecule has 17 heavy (non-hydrogen) atoms. The Hall–Kier alpha value is -1.02. The van der Waals surface area contributed by atoms with Crippen molar-refractivity contribution in [1.82, 2.24) is 5.32 Å². The van der Waals surface area contributed by atoms with E-state index in [1.165, 1.54) is 31.2 Å². The van der Waals surface area contributed by atoms with Crippen LogP contribution in [0.15, 0.2) is 24.3 Å². The molecule has 2 unspecified atom stereocenters. The van der Waals surface area contributed by atoms with Gasteiger partial charge in [-0.05, 0) is 56.8 Å². The van der Waals surface area contributed by atoms with Gasteiger partial charge in [0.05, 0.1) is 6.61 Å². The molecule has 0 heterocycles. The highest BCUT2D eigenvalue weighted by Crippen LogP contribution is 2.34. The Labute approximate surface area is 104 Å². The second kappa shape index (κ2) is 6.06. The molecule has 1 N–H and O–H groups in total. The van der Waals surface area contributed by atoms with Crippen molar-refractivity contribution in [3.8, 4) is 5.75 Å². The number of nitrogens with one attached hydrogen (secondary N) is 1. The second-order valence-corrected chi connectivity index (χ2v) is 4.85. The third-order valence-electron chi connectivity index (χ3n) is 3.72. The van der Waals surface area contributed by atoms with Crippen LogP contribution >= 0.6 is 0 Å². The number of hydrogen-bond donors (Lipinski definition) is 1. The van der Waals surface area contributed by atoms with E-state index in [0.29, 0.717) is 12.0 Å². The van der Waals surface area contributed by atoms with Crippen LogP contribution in [-0.2, 0) is 0 Å². The number of ether oxygens (including phenoxy) is 1. The topological polar surface area (TPSA) is 21.3 Å². The van der Waals surface area contributed by atoms with Gasteiger partial charge in [0.2, 0.25) is 0 Å². The lowest BCUT2D eigenvalue weighted by atomic mass is 9.81. The van der Waals surface area contributed by atoms with Gasteiger partial charge in [-0.1, -0.05) is 18.6 Å². The van der Waals surface area contributed by atoms with Gasteiger partial charge in [0.15, 0.2) is 0 Å². The molecule has 0 aliphatic heterocycles. The summed E-state index contributed by atoms with van der Waals surface area (Å²) in [5.41, 5.74) is 1.44. The molecule has 0 aromatic heterocycles. The average Bonchev–Trinajstić information content (AvgIpc) is 2.40. The molecule has 2 nitrogen and oxygen atoms in total. The Bertz CT molecular complexity index is 351. The number of rotatable bonds is 4. The Balaban J connectivity index is 2.07. The van der Waals surface area contributed by atoms with E-state index in [-0.39, 0.29) is 0 Å². The highest BCUT2D eigenvalue weighted by molar-refractivity contribution is 5.31. The van der Waals surface area contributed by atoms with Gasteiger partial charge in [-0.25, -0.2) is 0 Å². The van der Waals surface area contributed by atoms with E-state index < -0.39 is 0 Å². The van der Waals surface area contributed by atoms with Crippen molar-refractivity contribution in [1.29, 1.82) is 0 Å². The Morgan fingerprint density at radius 3 is 3.00 bits per heavy atom. The molecule has 1 aromatic carbocycles. The summed E-state index contributed by atoms with van der Waals surface area (Å²) in [4.78, 5) is 0. The van der Waals surface area contributed by atoms with Gasteiger partial charge in [-0.15, -0.1) is 0 Å². The highest BCUT2D eigenvalue weighted by atomic mass is 16.5. The summed E-state index contributed by atoms with van der Waals surface area (Å²) in [6, 6.07) is 9.30. The third kappa shape index (κ3) is 3.22. The van der Waals surface area contributed by atoms with E-state index in [9.17, 15) is 0 Å². The predicted molar refractivity (Wildman–Crippen MR) is 71.7 cm³/mol. The van der Waals surface area contributed by atoms with Crippen LogP contribution < -0.4 is 10.1 Å². The summed E-state index contributed by atoms with van der Waals surface area (Å²) in [5, 5.41) is 3.41. The van der Waals surface area contributed by atoms with Crippen molar-refractivity contribution in [3.05, 3.63) is 29.8 Å². The summed E-state index contributed by atoms with van der Waals surface area (Å²) in [6.07, 6.45) is 5.22. The molecule has 0 spiro atoms. The van der Waals surface area contributed by atoms with Crippen LogP contribution in [0, 0.1) is 0 Å². The maximum atomic E-state index is 5.57. The first-order valence-corrected chi connectivity index (χ1v) is 6.73. The first kappa shape index (κ1) is 12.4. The molecule has 1 saturated carbocycles. The molecule has 0 radical (unpaired) electrons. The summed E-state index contributed by atoms with van der Waals surface area (Å²) in [5.74, 6) is 1.71.